The average Bonchev–Trinajstić information content (AvgIpc) is 2.22. The number of rotatable bonds is 4. The number of allylic oxidation sites excluding steroid dienone is 1. The Morgan fingerprint density at radius 1 is 1.53 bits per heavy atom. The van der Waals surface area contributed by atoms with Gasteiger partial charge in [-0.1, -0.05) is 17.7 Å². The minimum atomic E-state index is -0.254. The third-order valence-electron chi connectivity index (χ3n) is 2.20. The molecule has 0 aliphatic heterocycles. The molecule has 0 spiro atoms. The molecule has 82 valence electrons. The summed E-state index contributed by atoms with van der Waals surface area (Å²) in [6.45, 7) is 2.85. The number of nitrogens with one attached hydrogen (secondary N) is 1. The Hall–Kier alpha value is -0.860. The first-order chi connectivity index (χ1) is 7.15. The van der Waals surface area contributed by atoms with E-state index in [2.05, 4.69) is 11.4 Å². The van der Waals surface area contributed by atoms with Gasteiger partial charge in [-0.3, -0.25) is 0 Å². The second kappa shape index (κ2) is 5.89. The van der Waals surface area contributed by atoms with Crippen LogP contribution in [0.2, 0.25) is 5.02 Å². The number of benzene rings is 1. The summed E-state index contributed by atoms with van der Waals surface area (Å²) in [7, 11) is 1.90. The van der Waals surface area contributed by atoms with Crippen molar-refractivity contribution in [3.05, 3.63) is 40.7 Å². The van der Waals surface area contributed by atoms with E-state index in [1.165, 1.54) is 12.1 Å². The lowest BCUT2D eigenvalue weighted by Crippen LogP contribution is -2.06. The molecule has 1 rings (SSSR count). The molecule has 0 aliphatic rings. The van der Waals surface area contributed by atoms with E-state index < -0.39 is 0 Å². The van der Waals surface area contributed by atoms with Crippen LogP contribution in [-0.2, 0) is 0 Å². The van der Waals surface area contributed by atoms with Crippen LogP contribution < -0.4 is 5.32 Å². The van der Waals surface area contributed by atoms with E-state index in [4.69, 9.17) is 11.6 Å². The van der Waals surface area contributed by atoms with Gasteiger partial charge in [0, 0.05) is 5.02 Å². The van der Waals surface area contributed by atoms with Crippen molar-refractivity contribution in [2.45, 2.75) is 13.3 Å². The monoisotopic (exact) mass is 227 g/mol. The minimum Gasteiger partial charge on any atom is -0.319 e. The van der Waals surface area contributed by atoms with E-state index in [0.29, 0.717) is 5.02 Å². The van der Waals surface area contributed by atoms with Crippen molar-refractivity contribution in [3.8, 4) is 0 Å². The first kappa shape index (κ1) is 12.2. The summed E-state index contributed by atoms with van der Waals surface area (Å²) in [5.41, 5.74) is 1.78. The van der Waals surface area contributed by atoms with Gasteiger partial charge in [0.1, 0.15) is 5.82 Å². The standard InChI is InChI=1S/C12H15ClFN/c1-9(4-3-7-15-2)11-8-10(14)5-6-12(11)13/h4-6,8,15H,3,7H2,1-2H3/b9-4-. The van der Waals surface area contributed by atoms with Crippen LogP contribution in [0.4, 0.5) is 4.39 Å². The van der Waals surface area contributed by atoms with Gasteiger partial charge in [-0.15, -0.1) is 0 Å². The summed E-state index contributed by atoms with van der Waals surface area (Å²) < 4.78 is 13.0. The molecule has 0 unspecified atom stereocenters. The molecule has 0 saturated heterocycles. The highest BCUT2D eigenvalue weighted by Gasteiger charge is 2.03. The second-order valence-corrected chi connectivity index (χ2v) is 3.81. The van der Waals surface area contributed by atoms with Crippen molar-refractivity contribution in [3.63, 3.8) is 0 Å². The summed E-state index contributed by atoms with van der Waals surface area (Å²) in [6.07, 6.45) is 2.96. The summed E-state index contributed by atoms with van der Waals surface area (Å²) in [4.78, 5) is 0. The highest BCUT2D eigenvalue weighted by atomic mass is 35.5. The summed E-state index contributed by atoms with van der Waals surface area (Å²) >= 11 is 5.98. The third-order valence-corrected chi connectivity index (χ3v) is 2.53. The van der Waals surface area contributed by atoms with Crippen LogP contribution in [0, 0.1) is 5.82 Å². The first-order valence-corrected chi connectivity index (χ1v) is 5.29. The fraction of sp³-hybridized carbons (Fsp3) is 0.333. The molecule has 0 heterocycles. The molecule has 1 N–H and O–H groups in total. The molecule has 0 bridgehead atoms. The van der Waals surface area contributed by atoms with Gasteiger partial charge >= 0.3 is 0 Å². The Bertz CT molecular complexity index is 361. The molecule has 3 heteroatoms. The van der Waals surface area contributed by atoms with E-state index in [0.717, 1.165) is 24.1 Å². The Labute approximate surface area is 95.0 Å². The van der Waals surface area contributed by atoms with Crippen LogP contribution in [0.5, 0.6) is 0 Å². The van der Waals surface area contributed by atoms with E-state index in [-0.39, 0.29) is 5.82 Å². The van der Waals surface area contributed by atoms with Crippen LogP contribution in [0.3, 0.4) is 0 Å². The Morgan fingerprint density at radius 3 is 2.93 bits per heavy atom. The number of halogens is 2. The van der Waals surface area contributed by atoms with Gasteiger partial charge in [0.25, 0.3) is 0 Å². The van der Waals surface area contributed by atoms with Crippen molar-refractivity contribution in [2.75, 3.05) is 13.6 Å². The molecular formula is C12H15ClFN. The van der Waals surface area contributed by atoms with Crippen LogP contribution in [0.25, 0.3) is 5.57 Å². The largest absolute Gasteiger partial charge is 0.319 e. The number of hydrogen-bond acceptors (Lipinski definition) is 1. The van der Waals surface area contributed by atoms with E-state index in [9.17, 15) is 4.39 Å². The maximum atomic E-state index is 13.0. The van der Waals surface area contributed by atoms with Crippen LogP contribution >= 0.6 is 11.6 Å². The molecule has 1 aromatic carbocycles. The molecule has 1 aromatic rings. The minimum absolute atomic E-state index is 0.254. The second-order valence-electron chi connectivity index (χ2n) is 3.40. The lowest BCUT2D eigenvalue weighted by Gasteiger charge is -2.05. The van der Waals surface area contributed by atoms with Gasteiger partial charge in [-0.05, 0) is 56.3 Å². The Morgan fingerprint density at radius 2 is 2.27 bits per heavy atom. The van der Waals surface area contributed by atoms with Gasteiger partial charge in [-0.25, -0.2) is 4.39 Å². The normalized spacial score (nSPS) is 11.9. The summed E-state index contributed by atoms with van der Waals surface area (Å²) in [5.74, 6) is -0.254. The third kappa shape index (κ3) is 3.65. The molecule has 0 atom stereocenters. The SMILES string of the molecule is CNCC/C=C(/C)c1cc(F)ccc1Cl. The van der Waals surface area contributed by atoms with Crippen molar-refractivity contribution in [2.24, 2.45) is 0 Å². The lowest BCUT2D eigenvalue weighted by atomic mass is 10.1. The maximum absolute atomic E-state index is 13.0. The fourth-order valence-corrected chi connectivity index (χ4v) is 1.61. The van der Waals surface area contributed by atoms with Gasteiger partial charge in [0.2, 0.25) is 0 Å². The molecule has 0 aliphatic carbocycles. The summed E-state index contributed by atoms with van der Waals surface area (Å²) in [6, 6.07) is 4.42. The molecule has 0 amide bonds. The van der Waals surface area contributed by atoms with Gasteiger partial charge in [0.15, 0.2) is 0 Å². The smallest absolute Gasteiger partial charge is 0.123 e. The van der Waals surface area contributed by atoms with Crippen molar-refractivity contribution in [1.29, 1.82) is 0 Å². The zero-order valence-corrected chi connectivity index (χ0v) is 9.74. The molecule has 0 radical (unpaired) electrons. The van der Waals surface area contributed by atoms with Crippen LogP contribution in [0.15, 0.2) is 24.3 Å². The molecule has 15 heavy (non-hydrogen) atoms. The average molecular weight is 228 g/mol. The van der Waals surface area contributed by atoms with Gasteiger partial charge < -0.3 is 5.32 Å². The molecule has 0 fully saturated rings. The van der Waals surface area contributed by atoms with Crippen LogP contribution in [0.1, 0.15) is 18.9 Å². The van der Waals surface area contributed by atoms with E-state index >= 15 is 0 Å². The predicted molar refractivity (Wildman–Crippen MR) is 63.6 cm³/mol. The van der Waals surface area contributed by atoms with Crippen molar-refractivity contribution >= 4 is 17.2 Å². The molecule has 0 aromatic heterocycles. The van der Waals surface area contributed by atoms with E-state index in [1.54, 1.807) is 6.07 Å². The van der Waals surface area contributed by atoms with E-state index in [1.807, 2.05) is 14.0 Å². The lowest BCUT2D eigenvalue weighted by molar-refractivity contribution is 0.627. The maximum Gasteiger partial charge on any atom is 0.123 e. The highest BCUT2D eigenvalue weighted by Crippen LogP contribution is 2.24. The van der Waals surface area contributed by atoms with Crippen molar-refractivity contribution < 1.29 is 4.39 Å². The van der Waals surface area contributed by atoms with Crippen LogP contribution in [-0.4, -0.2) is 13.6 Å². The fourth-order valence-electron chi connectivity index (χ4n) is 1.34. The van der Waals surface area contributed by atoms with Gasteiger partial charge in [-0.2, -0.15) is 0 Å². The molecular weight excluding hydrogens is 213 g/mol. The number of hydrogen-bond donors (Lipinski definition) is 1. The molecule has 0 saturated carbocycles. The predicted octanol–water partition coefficient (Wildman–Crippen LogP) is 3.49. The Kier molecular flexibility index (Phi) is 4.79. The zero-order valence-electron chi connectivity index (χ0n) is 8.98. The van der Waals surface area contributed by atoms with Crippen molar-refractivity contribution in [1.82, 2.24) is 5.32 Å². The molecule has 1 nitrogen and oxygen atoms in total. The first-order valence-electron chi connectivity index (χ1n) is 4.92. The van der Waals surface area contributed by atoms with Gasteiger partial charge in [0.05, 0.1) is 0 Å². The Balaban J connectivity index is 2.85. The summed E-state index contributed by atoms with van der Waals surface area (Å²) in [5, 5.41) is 3.64. The topological polar surface area (TPSA) is 12.0 Å². The quantitative estimate of drug-likeness (QED) is 0.777. The highest BCUT2D eigenvalue weighted by molar-refractivity contribution is 6.32. The zero-order chi connectivity index (χ0) is 11.3.